The van der Waals surface area contributed by atoms with Crippen LogP contribution in [0, 0.1) is 11.3 Å². The summed E-state index contributed by atoms with van der Waals surface area (Å²) in [6, 6.07) is 19.6. The van der Waals surface area contributed by atoms with Gasteiger partial charge in [-0.15, -0.1) is 0 Å². The number of aryl methyl sites for hydroxylation is 1. The SMILES string of the molecule is CN=C(NCCCc1nn(-c2ccccc2)c(N)c1C#N)NCc1ccccc1OC. The molecule has 8 nitrogen and oxygen atoms in total. The molecule has 3 rings (SSSR count). The number of ether oxygens (including phenoxy) is 1. The van der Waals surface area contributed by atoms with Gasteiger partial charge in [-0.1, -0.05) is 36.4 Å². The van der Waals surface area contributed by atoms with Gasteiger partial charge in [0, 0.05) is 25.7 Å². The molecule has 0 aliphatic rings. The normalized spacial score (nSPS) is 11.1. The van der Waals surface area contributed by atoms with Gasteiger partial charge in [-0.3, -0.25) is 4.99 Å². The summed E-state index contributed by atoms with van der Waals surface area (Å²) in [5, 5.41) is 20.7. The Kier molecular flexibility index (Phi) is 7.49. The van der Waals surface area contributed by atoms with Gasteiger partial charge >= 0.3 is 0 Å². The van der Waals surface area contributed by atoms with Crippen molar-refractivity contribution in [3.05, 3.63) is 71.4 Å². The van der Waals surface area contributed by atoms with Gasteiger partial charge < -0.3 is 21.1 Å². The molecule has 8 heteroatoms. The molecule has 0 aliphatic heterocycles. The summed E-state index contributed by atoms with van der Waals surface area (Å²) in [6.45, 7) is 1.27. The summed E-state index contributed by atoms with van der Waals surface area (Å²) in [5.41, 5.74) is 9.18. The summed E-state index contributed by atoms with van der Waals surface area (Å²) < 4.78 is 7.00. The monoisotopic (exact) mass is 417 g/mol. The number of benzene rings is 2. The van der Waals surface area contributed by atoms with E-state index in [0.29, 0.717) is 42.5 Å². The molecule has 3 aromatic rings. The van der Waals surface area contributed by atoms with Crippen molar-refractivity contribution in [1.82, 2.24) is 20.4 Å². The highest BCUT2D eigenvalue weighted by atomic mass is 16.5. The number of aliphatic imine (C=N–C) groups is 1. The molecule has 160 valence electrons. The number of hydrogen-bond donors (Lipinski definition) is 3. The summed E-state index contributed by atoms with van der Waals surface area (Å²) >= 11 is 0. The first kappa shape index (κ1) is 21.7. The van der Waals surface area contributed by atoms with E-state index in [-0.39, 0.29) is 0 Å². The zero-order chi connectivity index (χ0) is 22.1. The Bertz CT molecular complexity index is 1070. The Morgan fingerprint density at radius 3 is 2.61 bits per heavy atom. The smallest absolute Gasteiger partial charge is 0.191 e. The minimum atomic E-state index is 0.367. The van der Waals surface area contributed by atoms with E-state index in [2.05, 4.69) is 26.8 Å². The van der Waals surface area contributed by atoms with E-state index in [1.54, 1.807) is 18.8 Å². The molecule has 0 saturated carbocycles. The van der Waals surface area contributed by atoms with Gasteiger partial charge in [0.15, 0.2) is 5.96 Å². The van der Waals surface area contributed by atoms with Crippen molar-refractivity contribution in [2.75, 3.05) is 26.4 Å². The van der Waals surface area contributed by atoms with Crippen LogP contribution < -0.4 is 21.1 Å². The first-order valence-corrected chi connectivity index (χ1v) is 10.1. The van der Waals surface area contributed by atoms with Crippen LogP contribution in [-0.4, -0.2) is 36.4 Å². The fraction of sp³-hybridized carbons (Fsp3) is 0.261. The van der Waals surface area contributed by atoms with Crippen LogP contribution in [-0.2, 0) is 13.0 Å². The molecule has 0 aliphatic carbocycles. The number of nitrogens with one attached hydrogen (secondary N) is 2. The average Bonchev–Trinajstić information content (AvgIpc) is 3.14. The molecular weight excluding hydrogens is 390 g/mol. The van der Waals surface area contributed by atoms with E-state index in [4.69, 9.17) is 10.5 Å². The number of methoxy groups -OCH3 is 1. The van der Waals surface area contributed by atoms with E-state index in [9.17, 15) is 5.26 Å². The van der Waals surface area contributed by atoms with Gasteiger partial charge in [0.25, 0.3) is 0 Å². The van der Waals surface area contributed by atoms with Crippen LogP contribution in [0.4, 0.5) is 5.82 Å². The van der Waals surface area contributed by atoms with Crippen molar-refractivity contribution in [1.29, 1.82) is 5.26 Å². The van der Waals surface area contributed by atoms with Crippen LogP contribution in [0.15, 0.2) is 59.6 Å². The van der Waals surface area contributed by atoms with Gasteiger partial charge in [0.1, 0.15) is 23.2 Å². The molecule has 1 aromatic heterocycles. The number of nitrogen functional groups attached to an aromatic ring is 1. The van der Waals surface area contributed by atoms with Crippen LogP contribution in [0.2, 0.25) is 0 Å². The number of aromatic nitrogens is 2. The number of anilines is 1. The van der Waals surface area contributed by atoms with Crippen molar-refractivity contribution < 1.29 is 4.74 Å². The number of nitriles is 1. The molecule has 4 N–H and O–H groups in total. The van der Waals surface area contributed by atoms with Crippen molar-refractivity contribution >= 4 is 11.8 Å². The molecule has 31 heavy (non-hydrogen) atoms. The van der Waals surface area contributed by atoms with Crippen molar-refractivity contribution in [2.24, 2.45) is 4.99 Å². The second-order valence-corrected chi connectivity index (χ2v) is 6.83. The maximum atomic E-state index is 9.52. The maximum absolute atomic E-state index is 9.52. The Balaban J connectivity index is 1.55. The van der Waals surface area contributed by atoms with Crippen molar-refractivity contribution in [2.45, 2.75) is 19.4 Å². The van der Waals surface area contributed by atoms with Gasteiger partial charge in [0.05, 0.1) is 18.5 Å². The summed E-state index contributed by atoms with van der Waals surface area (Å²) in [6.07, 6.45) is 1.40. The third kappa shape index (κ3) is 5.34. The summed E-state index contributed by atoms with van der Waals surface area (Å²) in [7, 11) is 3.39. The molecule has 0 amide bonds. The average molecular weight is 418 g/mol. The molecule has 0 bridgehead atoms. The van der Waals surface area contributed by atoms with Crippen LogP contribution in [0.25, 0.3) is 5.69 Å². The fourth-order valence-electron chi connectivity index (χ4n) is 3.25. The summed E-state index contributed by atoms with van der Waals surface area (Å²) in [5.74, 6) is 1.90. The van der Waals surface area contributed by atoms with Gasteiger partial charge in [-0.05, 0) is 31.0 Å². The number of hydrogen-bond acceptors (Lipinski definition) is 5. The molecule has 0 atom stereocenters. The molecule has 0 saturated heterocycles. The molecule has 0 unspecified atom stereocenters. The quantitative estimate of drug-likeness (QED) is 0.295. The lowest BCUT2D eigenvalue weighted by atomic mass is 10.1. The lowest BCUT2D eigenvalue weighted by Crippen LogP contribution is -2.37. The number of rotatable bonds is 8. The van der Waals surface area contributed by atoms with E-state index in [1.165, 1.54) is 0 Å². The number of guanidine groups is 1. The molecule has 1 heterocycles. The minimum Gasteiger partial charge on any atom is -0.496 e. The van der Waals surface area contributed by atoms with Crippen LogP contribution in [0.5, 0.6) is 5.75 Å². The number of para-hydroxylation sites is 2. The zero-order valence-electron chi connectivity index (χ0n) is 17.8. The van der Waals surface area contributed by atoms with Crippen LogP contribution in [0.1, 0.15) is 23.2 Å². The van der Waals surface area contributed by atoms with Gasteiger partial charge in [-0.2, -0.15) is 10.4 Å². The first-order chi connectivity index (χ1) is 15.2. The highest BCUT2D eigenvalue weighted by molar-refractivity contribution is 5.79. The lowest BCUT2D eigenvalue weighted by Gasteiger charge is -2.13. The van der Waals surface area contributed by atoms with Crippen molar-refractivity contribution in [3.8, 4) is 17.5 Å². The number of nitrogens with zero attached hydrogens (tertiary/aromatic N) is 4. The Morgan fingerprint density at radius 1 is 1.16 bits per heavy atom. The van der Waals surface area contributed by atoms with E-state index in [1.807, 2.05) is 54.6 Å². The number of nitrogens with two attached hydrogens (primary N) is 1. The second kappa shape index (κ2) is 10.7. The highest BCUT2D eigenvalue weighted by Gasteiger charge is 2.16. The lowest BCUT2D eigenvalue weighted by molar-refractivity contribution is 0.409. The second-order valence-electron chi connectivity index (χ2n) is 6.83. The molecule has 2 aromatic carbocycles. The molecular formula is C23H27N7O. The van der Waals surface area contributed by atoms with E-state index < -0.39 is 0 Å². The fourth-order valence-corrected chi connectivity index (χ4v) is 3.25. The maximum Gasteiger partial charge on any atom is 0.191 e. The summed E-state index contributed by atoms with van der Waals surface area (Å²) in [4.78, 5) is 4.26. The topological polar surface area (TPSA) is 113 Å². The minimum absolute atomic E-state index is 0.367. The third-order valence-electron chi connectivity index (χ3n) is 4.85. The predicted molar refractivity (Wildman–Crippen MR) is 122 cm³/mol. The van der Waals surface area contributed by atoms with E-state index in [0.717, 1.165) is 23.4 Å². The van der Waals surface area contributed by atoms with E-state index >= 15 is 0 Å². The van der Waals surface area contributed by atoms with Crippen LogP contribution >= 0.6 is 0 Å². The van der Waals surface area contributed by atoms with Crippen LogP contribution in [0.3, 0.4) is 0 Å². The Hall–Kier alpha value is -3.99. The van der Waals surface area contributed by atoms with Gasteiger partial charge in [0.2, 0.25) is 0 Å². The van der Waals surface area contributed by atoms with Gasteiger partial charge in [-0.25, -0.2) is 4.68 Å². The van der Waals surface area contributed by atoms with Crippen molar-refractivity contribution in [3.63, 3.8) is 0 Å². The largest absolute Gasteiger partial charge is 0.496 e. The Labute approximate surface area is 182 Å². The molecule has 0 spiro atoms. The zero-order valence-corrected chi connectivity index (χ0v) is 17.8. The molecule has 0 fully saturated rings. The third-order valence-corrected chi connectivity index (χ3v) is 4.85. The Morgan fingerprint density at radius 2 is 1.90 bits per heavy atom. The molecule has 0 radical (unpaired) electrons. The predicted octanol–water partition coefficient (Wildman–Crippen LogP) is 2.63. The standard InChI is InChI=1S/C23H27N7O/c1-26-23(28-16-17-9-6-7-13-21(17)31-2)27-14-8-12-20-19(15-24)22(25)30(29-20)18-10-4-3-5-11-18/h3-7,9-11,13H,8,12,14,16,25H2,1-2H3,(H2,26,27,28). The highest BCUT2D eigenvalue weighted by Crippen LogP contribution is 2.21. The first-order valence-electron chi connectivity index (χ1n) is 10.1.